The number of rotatable bonds is 4. The maximum absolute atomic E-state index is 4.48. The summed E-state index contributed by atoms with van der Waals surface area (Å²) in [4.78, 5) is 4.48. The summed E-state index contributed by atoms with van der Waals surface area (Å²) < 4.78 is 6.27. The van der Waals surface area contributed by atoms with Crippen LogP contribution in [0.25, 0.3) is 0 Å². The number of nitrogens with one attached hydrogen (secondary N) is 1. The van der Waals surface area contributed by atoms with Crippen molar-refractivity contribution >= 4 is 16.7 Å². The van der Waals surface area contributed by atoms with Crippen LogP contribution in [0.1, 0.15) is 32.4 Å². The molecule has 0 aliphatic rings. The molecule has 0 radical (unpaired) electrons. The van der Waals surface area contributed by atoms with E-state index in [0.29, 0.717) is 0 Å². The van der Waals surface area contributed by atoms with Crippen LogP contribution in [0.5, 0.6) is 0 Å². The third-order valence-corrected chi connectivity index (χ3v) is 3.20. The first kappa shape index (κ1) is 12.9. The Bertz CT molecular complexity index is 510. The van der Waals surface area contributed by atoms with Crippen molar-refractivity contribution in [2.75, 3.05) is 11.9 Å². The molecule has 2 aromatic heterocycles. The fourth-order valence-electron chi connectivity index (χ4n) is 1.41. The molecule has 18 heavy (non-hydrogen) atoms. The van der Waals surface area contributed by atoms with Crippen LogP contribution in [-0.2, 0) is 18.9 Å². The lowest BCUT2D eigenvalue weighted by atomic mass is 9.96. The van der Waals surface area contributed by atoms with Gasteiger partial charge in [0.2, 0.25) is 5.13 Å². The highest BCUT2D eigenvalue weighted by atomic mass is 32.1. The fourth-order valence-corrected chi connectivity index (χ4v) is 2.20. The molecule has 0 saturated heterocycles. The maximum atomic E-state index is 4.48. The normalized spacial score (nSPS) is 11.8. The molecule has 1 N–H and O–H groups in total. The summed E-state index contributed by atoms with van der Waals surface area (Å²) >= 11 is 1.40. The van der Waals surface area contributed by atoms with E-state index in [4.69, 9.17) is 0 Å². The molecule has 0 spiro atoms. The van der Waals surface area contributed by atoms with E-state index >= 15 is 0 Å². The van der Waals surface area contributed by atoms with E-state index in [1.807, 2.05) is 11.6 Å². The van der Waals surface area contributed by atoms with Crippen LogP contribution >= 0.6 is 11.5 Å². The SMILES string of the molecule is Cn1cnnc1CCNc1nc(C(C)(C)C)ns1. The smallest absolute Gasteiger partial charge is 0.202 e. The molecule has 0 atom stereocenters. The molecule has 2 rings (SSSR count). The van der Waals surface area contributed by atoms with E-state index < -0.39 is 0 Å². The first-order valence-electron chi connectivity index (χ1n) is 5.88. The molecule has 2 heterocycles. The number of aromatic nitrogens is 5. The van der Waals surface area contributed by atoms with Crippen molar-refractivity contribution in [2.24, 2.45) is 7.05 Å². The minimum Gasteiger partial charge on any atom is -0.360 e. The lowest BCUT2D eigenvalue weighted by molar-refractivity contribution is 0.555. The Morgan fingerprint density at radius 3 is 2.72 bits per heavy atom. The van der Waals surface area contributed by atoms with Crippen LogP contribution in [0.15, 0.2) is 6.33 Å². The number of aryl methyl sites for hydroxylation is 1. The molecular formula is C11H18N6S. The first-order valence-corrected chi connectivity index (χ1v) is 6.65. The standard InChI is InChI=1S/C11H18N6S/c1-11(2,3)9-14-10(18-16-9)12-6-5-8-15-13-7-17(8)4/h7H,5-6H2,1-4H3,(H,12,14,16). The Morgan fingerprint density at radius 2 is 2.17 bits per heavy atom. The summed E-state index contributed by atoms with van der Waals surface area (Å²) in [5.41, 5.74) is 0.0000233. The van der Waals surface area contributed by atoms with Gasteiger partial charge >= 0.3 is 0 Å². The zero-order chi connectivity index (χ0) is 13.2. The Labute approximate surface area is 111 Å². The zero-order valence-electron chi connectivity index (χ0n) is 11.1. The van der Waals surface area contributed by atoms with Crippen molar-refractivity contribution in [1.29, 1.82) is 0 Å². The van der Waals surface area contributed by atoms with Gasteiger partial charge in [-0.05, 0) is 0 Å². The highest BCUT2D eigenvalue weighted by molar-refractivity contribution is 7.09. The lowest BCUT2D eigenvalue weighted by Crippen LogP contribution is -2.13. The summed E-state index contributed by atoms with van der Waals surface area (Å²) in [5, 5.41) is 12.0. The molecule has 0 aromatic carbocycles. The molecule has 0 unspecified atom stereocenters. The topological polar surface area (TPSA) is 68.5 Å². The molecule has 6 nitrogen and oxygen atoms in total. The molecule has 0 aliphatic carbocycles. The molecule has 7 heteroatoms. The van der Waals surface area contributed by atoms with E-state index in [2.05, 4.69) is 45.6 Å². The third-order valence-electron chi connectivity index (χ3n) is 2.53. The zero-order valence-corrected chi connectivity index (χ0v) is 12.0. The van der Waals surface area contributed by atoms with Gasteiger partial charge in [0.25, 0.3) is 0 Å². The molecule has 0 saturated carbocycles. The van der Waals surface area contributed by atoms with E-state index in [1.165, 1.54) is 11.5 Å². The highest BCUT2D eigenvalue weighted by Crippen LogP contribution is 2.22. The fraction of sp³-hybridized carbons (Fsp3) is 0.636. The number of hydrogen-bond donors (Lipinski definition) is 1. The summed E-state index contributed by atoms with van der Waals surface area (Å²) in [7, 11) is 1.94. The van der Waals surface area contributed by atoms with Gasteiger partial charge in [-0.25, -0.2) is 4.98 Å². The van der Waals surface area contributed by atoms with E-state index in [-0.39, 0.29) is 5.41 Å². The van der Waals surface area contributed by atoms with Gasteiger partial charge in [0.15, 0.2) is 0 Å². The molecule has 98 valence electrons. The second kappa shape index (κ2) is 5.01. The second-order valence-electron chi connectivity index (χ2n) is 5.21. The predicted octanol–water partition coefficient (Wildman–Crippen LogP) is 1.62. The summed E-state index contributed by atoms with van der Waals surface area (Å²) in [6.45, 7) is 7.11. The van der Waals surface area contributed by atoms with Crippen LogP contribution in [0.3, 0.4) is 0 Å². The Balaban J connectivity index is 1.88. The molecule has 0 aliphatic heterocycles. The van der Waals surface area contributed by atoms with Crippen LogP contribution in [0.2, 0.25) is 0 Å². The Kier molecular flexibility index (Phi) is 3.60. The van der Waals surface area contributed by atoms with Gasteiger partial charge in [-0.1, -0.05) is 20.8 Å². The monoisotopic (exact) mass is 266 g/mol. The minimum atomic E-state index is 0.0000233. The molecule has 0 bridgehead atoms. The van der Waals surface area contributed by atoms with Crippen LogP contribution in [0, 0.1) is 0 Å². The Hall–Kier alpha value is -1.50. The van der Waals surface area contributed by atoms with Crippen LogP contribution < -0.4 is 5.32 Å². The van der Waals surface area contributed by atoms with Crippen LogP contribution in [0.4, 0.5) is 5.13 Å². The molecule has 0 amide bonds. The van der Waals surface area contributed by atoms with E-state index in [9.17, 15) is 0 Å². The van der Waals surface area contributed by atoms with Crippen molar-refractivity contribution < 1.29 is 0 Å². The summed E-state index contributed by atoms with van der Waals surface area (Å²) in [5.74, 6) is 1.84. The summed E-state index contributed by atoms with van der Waals surface area (Å²) in [6, 6.07) is 0. The van der Waals surface area contributed by atoms with Gasteiger partial charge in [-0.3, -0.25) is 0 Å². The van der Waals surface area contributed by atoms with Gasteiger partial charge in [0.05, 0.1) is 0 Å². The van der Waals surface area contributed by atoms with Gasteiger partial charge in [-0.2, -0.15) is 4.37 Å². The van der Waals surface area contributed by atoms with Crippen molar-refractivity contribution in [3.05, 3.63) is 18.0 Å². The van der Waals surface area contributed by atoms with Crippen molar-refractivity contribution in [3.63, 3.8) is 0 Å². The minimum absolute atomic E-state index is 0.0000233. The third kappa shape index (κ3) is 3.04. The van der Waals surface area contributed by atoms with Gasteiger partial charge < -0.3 is 9.88 Å². The van der Waals surface area contributed by atoms with Gasteiger partial charge in [-0.15, -0.1) is 10.2 Å². The van der Waals surface area contributed by atoms with E-state index in [0.717, 1.165) is 29.7 Å². The van der Waals surface area contributed by atoms with Crippen molar-refractivity contribution in [1.82, 2.24) is 24.1 Å². The van der Waals surface area contributed by atoms with E-state index in [1.54, 1.807) is 6.33 Å². The van der Waals surface area contributed by atoms with Crippen molar-refractivity contribution in [3.8, 4) is 0 Å². The highest BCUT2D eigenvalue weighted by Gasteiger charge is 2.19. The average Bonchev–Trinajstić information content (AvgIpc) is 2.88. The van der Waals surface area contributed by atoms with Gasteiger partial charge in [0, 0.05) is 37.0 Å². The lowest BCUT2D eigenvalue weighted by Gasteiger charge is -2.12. The van der Waals surface area contributed by atoms with Crippen LogP contribution in [-0.4, -0.2) is 30.7 Å². The molecular weight excluding hydrogens is 248 g/mol. The molecule has 2 aromatic rings. The number of hydrogen-bond acceptors (Lipinski definition) is 6. The summed E-state index contributed by atoms with van der Waals surface area (Å²) in [6.07, 6.45) is 2.53. The first-order chi connectivity index (χ1) is 8.47. The average molecular weight is 266 g/mol. The largest absolute Gasteiger partial charge is 0.360 e. The quantitative estimate of drug-likeness (QED) is 0.910. The number of anilines is 1. The second-order valence-corrected chi connectivity index (χ2v) is 5.96. The van der Waals surface area contributed by atoms with Gasteiger partial charge in [0.1, 0.15) is 18.0 Å². The maximum Gasteiger partial charge on any atom is 0.202 e. The predicted molar refractivity (Wildman–Crippen MR) is 71.8 cm³/mol. The molecule has 0 fully saturated rings. The Morgan fingerprint density at radius 1 is 1.39 bits per heavy atom. The number of nitrogens with zero attached hydrogens (tertiary/aromatic N) is 5. The van der Waals surface area contributed by atoms with Crippen molar-refractivity contribution in [2.45, 2.75) is 32.6 Å².